The molecule has 1 aromatic carbocycles. The topological polar surface area (TPSA) is 47.3 Å². The quantitative estimate of drug-likeness (QED) is 0.759. The molecule has 0 unspecified atom stereocenters. The van der Waals surface area contributed by atoms with E-state index >= 15 is 0 Å². The summed E-state index contributed by atoms with van der Waals surface area (Å²) in [6.45, 7) is 1.23. The Balaban J connectivity index is 2.24. The molecule has 14 heavy (non-hydrogen) atoms. The van der Waals surface area contributed by atoms with Gasteiger partial charge in [-0.1, -0.05) is 11.6 Å². The van der Waals surface area contributed by atoms with Gasteiger partial charge in [0.1, 0.15) is 0 Å². The molecular formula is C10H9ClN2O. The van der Waals surface area contributed by atoms with Crippen molar-refractivity contribution >= 4 is 17.3 Å². The predicted octanol–water partition coefficient (Wildman–Crippen LogP) is 1.39. The number of benzene rings is 1. The van der Waals surface area contributed by atoms with Crippen LogP contribution in [-0.4, -0.2) is 24.3 Å². The van der Waals surface area contributed by atoms with Crippen molar-refractivity contribution in [3.05, 3.63) is 28.8 Å². The fourth-order valence-electron chi connectivity index (χ4n) is 1.48. The van der Waals surface area contributed by atoms with Crippen LogP contribution in [0.25, 0.3) is 0 Å². The van der Waals surface area contributed by atoms with Crippen LogP contribution in [0.2, 0.25) is 5.02 Å². The molecule has 3 nitrogen and oxygen atoms in total. The number of aliphatic hydroxyl groups is 1. The number of rotatable bonds is 1. The van der Waals surface area contributed by atoms with Crippen molar-refractivity contribution in [2.24, 2.45) is 0 Å². The van der Waals surface area contributed by atoms with Crippen LogP contribution in [-0.2, 0) is 0 Å². The Morgan fingerprint density at radius 3 is 2.71 bits per heavy atom. The van der Waals surface area contributed by atoms with Gasteiger partial charge in [0.15, 0.2) is 0 Å². The lowest BCUT2D eigenvalue weighted by molar-refractivity contribution is 0.142. The molecule has 1 heterocycles. The molecule has 0 atom stereocenters. The molecule has 1 aromatic rings. The molecule has 2 rings (SSSR count). The van der Waals surface area contributed by atoms with Crippen LogP contribution in [0, 0.1) is 11.3 Å². The molecule has 0 aliphatic carbocycles. The molecule has 1 aliphatic rings. The summed E-state index contributed by atoms with van der Waals surface area (Å²) in [7, 11) is 0. The highest BCUT2D eigenvalue weighted by Crippen LogP contribution is 2.29. The third-order valence-electron chi connectivity index (χ3n) is 2.28. The maximum Gasteiger partial charge on any atom is 0.0992 e. The van der Waals surface area contributed by atoms with Crippen LogP contribution in [0.15, 0.2) is 18.2 Å². The predicted molar refractivity (Wildman–Crippen MR) is 54.4 cm³/mol. The van der Waals surface area contributed by atoms with Gasteiger partial charge in [0, 0.05) is 13.1 Å². The van der Waals surface area contributed by atoms with E-state index in [2.05, 4.69) is 0 Å². The highest BCUT2D eigenvalue weighted by atomic mass is 35.5. The first-order chi connectivity index (χ1) is 6.70. The molecule has 0 amide bonds. The van der Waals surface area contributed by atoms with Gasteiger partial charge < -0.3 is 10.0 Å². The number of hydrogen-bond donors (Lipinski definition) is 1. The highest BCUT2D eigenvalue weighted by Gasteiger charge is 2.25. The van der Waals surface area contributed by atoms with E-state index in [9.17, 15) is 0 Å². The Morgan fingerprint density at radius 2 is 2.21 bits per heavy atom. The minimum absolute atomic E-state index is 0.248. The van der Waals surface area contributed by atoms with Gasteiger partial charge in [0.05, 0.1) is 28.4 Å². The van der Waals surface area contributed by atoms with Gasteiger partial charge in [-0.25, -0.2) is 0 Å². The van der Waals surface area contributed by atoms with Gasteiger partial charge in [-0.3, -0.25) is 0 Å². The number of hydrogen-bond acceptors (Lipinski definition) is 3. The zero-order chi connectivity index (χ0) is 10.1. The summed E-state index contributed by atoms with van der Waals surface area (Å²) in [6.07, 6.45) is -0.248. The average Bonchev–Trinajstić information content (AvgIpc) is 2.13. The van der Waals surface area contributed by atoms with Gasteiger partial charge in [-0.15, -0.1) is 0 Å². The van der Waals surface area contributed by atoms with Crippen LogP contribution in [0.1, 0.15) is 5.56 Å². The molecule has 0 radical (unpaired) electrons. The second-order valence-corrected chi connectivity index (χ2v) is 3.74. The fraction of sp³-hybridized carbons (Fsp3) is 0.300. The van der Waals surface area contributed by atoms with Crippen LogP contribution in [0.3, 0.4) is 0 Å². The highest BCUT2D eigenvalue weighted by molar-refractivity contribution is 6.33. The van der Waals surface area contributed by atoms with E-state index in [1.807, 2.05) is 17.0 Å². The van der Waals surface area contributed by atoms with Crippen molar-refractivity contribution in [2.45, 2.75) is 6.10 Å². The van der Waals surface area contributed by atoms with Gasteiger partial charge in [0.2, 0.25) is 0 Å². The number of β-amino-alcohol motifs (C(OH)–C–C–N with tert-alkyl or cyclic N) is 1. The van der Waals surface area contributed by atoms with Gasteiger partial charge >= 0.3 is 0 Å². The Morgan fingerprint density at radius 1 is 1.50 bits per heavy atom. The van der Waals surface area contributed by atoms with Crippen molar-refractivity contribution in [2.75, 3.05) is 18.0 Å². The Bertz CT molecular complexity index is 394. The number of aliphatic hydroxyl groups excluding tert-OH is 1. The molecule has 0 saturated carbocycles. The fourth-order valence-corrected chi connectivity index (χ4v) is 1.78. The van der Waals surface area contributed by atoms with E-state index in [-0.39, 0.29) is 6.10 Å². The Kier molecular flexibility index (Phi) is 2.32. The van der Waals surface area contributed by atoms with E-state index in [0.717, 1.165) is 5.69 Å². The molecule has 0 spiro atoms. The molecule has 1 aliphatic heterocycles. The Hall–Kier alpha value is -1.24. The van der Waals surface area contributed by atoms with Crippen LogP contribution in [0.4, 0.5) is 5.69 Å². The minimum atomic E-state index is -0.248. The molecule has 0 bridgehead atoms. The van der Waals surface area contributed by atoms with Crippen molar-refractivity contribution in [3.63, 3.8) is 0 Å². The first kappa shape index (κ1) is 9.32. The monoisotopic (exact) mass is 208 g/mol. The summed E-state index contributed by atoms with van der Waals surface area (Å²) < 4.78 is 0. The summed E-state index contributed by atoms with van der Waals surface area (Å²) in [5.41, 5.74) is 1.44. The number of halogens is 1. The Labute approximate surface area is 87.1 Å². The van der Waals surface area contributed by atoms with Gasteiger partial charge in [-0.2, -0.15) is 5.26 Å². The summed E-state index contributed by atoms with van der Waals surface area (Å²) >= 11 is 5.99. The second kappa shape index (κ2) is 3.49. The second-order valence-electron chi connectivity index (χ2n) is 3.34. The van der Waals surface area contributed by atoms with Crippen LogP contribution < -0.4 is 4.90 Å². The SMILES string of the molecule is N#Cc1ccc(N2CC(O)C2)c(Cl)c1. The molecule has 4 heteroatoms. The van der Waals surface area contributed by atoms with E-state index in [1.54, 1.807) is 12.1 Å². The normalized spacial score (nSPS) is 16.2. The van der Waals surface area contributed by atoms with E-state index in [4.69, 9.17) is 22.0 Å². The zero-order valence-corrected chi connectivity index (χ0v) is 8.20. The van der Waals surface area contributed by atoms with Crippen molar-refractivity contribution < 1.29 is 5.11 Å². The van der Waals surface area contributed by atoms with Crippen molar-refractivity contribution in [3.8, 4) is 6.07 Å². The lowest BCUT2D eigenvalue weighted by Gasteiger charge is -2.38. The van der Waals surface area contributed by atoms with Crippen LogP contribution >= 0.6 is 11.6 Å². The zero-order valence-electron chi connectivity index (χ0n) is 7.44. The van der Waals surface area contributed by atoms with Gasteiger partial charge in [-0.05, 0) is 18.2 Å². The molecule has 0 aromatic heterocycles. The summed E-state index contributed by atoms with van der Waals surface area (Å²) in [6, 6.07) is 7.21. The third-order valence-corrected chi connectivity index (χ3v) is 2.58. The van der Waals surface area contributed by atoms with Crippen molar-refractivity contribution in [1.82, 2.24) is 0 Å². The van der Waals surface area contributed by atoms with E-state index < -0.39 is 0 Å². The molecule has 1 fully saturated rings. The van der Waals surface area contributed by atoms with Gasteiger partial charge in [0.25, 0.3) is 0 Å². The summed E-state index contributed by atoms with van der Waals surface area (Å²) in [5, 5.41) is 18.3. The van der Waals surface area contributed by atoms with E-state index in [1.165, 1.54) is 0 Å². The smallest absolute Gasteiger partial charge is 0.0992 e. The lowest BCUT2D eigenvalue weighted by Crippen LogP contribution is -2.50. The molecule has 1 N–H and O–H groups in total. The standard InChI is InChI=1S/C10H9ClN2O/c11-9-3-7(4-12)1-2-10(9)13-5-8(14)6-13/h1-3,8,14H,5-6H2. The maximum atomic E-state index is 9.13. The largest absolute Gasteiger partial charge is 0.389 e. The third kappa shape index (κ3) is 1.54. The van der Waals surface area contributed by atoms with Crippen molar-refractivity contribution in [1.29, 1.82) is 5.26 Å². The molecular weight excluding hydrogens is 200 g/mol. The summed E-state index contributed by atoms with van der Waals surface area (Å²) in [4.78, 5) is 1.98. The first-order valence-corrected chi connectivity index (χ1v) is 4.71. The number of anilines is 1. The summed E-state index contributed by atoms with van der Waals surface area (Å²) in [5.74, 6) is 0. The average molecular weight is 209 g/mol. The first-order valence-electron chi connectivity index (χ1n) is 4.33. The number of nitriles is 1. The number of nitrogens with zero attached hydrogens (tertiary/aromatic N) is 2. The van der Waals surface area contributed by atoms with E-state index in [0.29, 0.717) is 23.7 Å². The lowest BCUT2D eigenvalue weighted by atomic mass is 10.1. The van der Waals surface area contributed by atoms with Crippen LogP contribution in [0.5, 0.6) is 0 Å². The maximum absolute atomic E-state index is 9.13. The molecule has 1 saturated heterocycles. The minimum Gasteiger partial charge on any atom is -0.389 e. The molecule has 72 valence electrons.